The Morgan fingerprint density at radius 2 is 1.90 bits per heavy atom. The molecule has 0 bridgehead atoms. The molecule has 4 heterocycles. The molecule has 3 aliphatic rings. The third kappa shape index (κ3) is 4.15. The van der Waals surface area contributed by atoms with E-state index < -0.39 is 0 Å². The third-order valence-corrected chi connectivity index (χ3v) is 7.86. The number of morpholine rings is 1. The Morgan fingerprint density at radius 3 is 2.69 bits per heavy atom. The summed E-state index contributed by atoms with van der Waals surface area (Å²) in [5.74, 6) is 2.69. The fourth-order valence-corrected chi connectivity index (χ4v) is 6.30. The van der Waals surface area contributed by atoms with E-state index in [0.717, 1.165) is 77.0 Å². The topological polar surface area (TPSA) is 59.5 Å². The number of hydrogen-bond donors (Lipinski definition) is 1. The van der Waals surface area contributed by atoms with Gasteiger partial charge in [0.05, 0.1) is 25.1 Å². The molecule has 0 spiro atoms. The number of nitrogens with zero attached hydrogens (tertiary/aromatic N) is 3. The number of anilines is 1. The van der Waals surface area contributed by atoms with Crippen molar-refractivity contribution in [2.75, 3.05) is 44.8 Å². The molecule has 0 aromatic carbocycles. The van der Waals surface area contributed by atoms with Gasteiger partial charge in [0.2, 0.25) is 0 Å². The van der Waals surface area contributed by atoms with Crippen LogP contribution in [0.15, 0.2) is 0 Å². The van der Waals surface area contributed by atoms with Crippen molar-refractivity contribution in [3.8, 4) is 0 Å². The first-order valence-electron chi connectivity index (χ1n) is 11.3. The molecule has 6 nitrogen and oxygen atoms in total. The minimum atomic E-state index is 0.449. The van der Waals surface area contributed by atoms with Gasteiger partial charge in [-0.2, -0.15) is 0 Å². The zero-order chi connectivity index (χ0) is 19.6. The number of hydrogen-bond acceptors (Lipinski definition) is 7. The SMILES string of the molecule is CC[C@H](Nc1nc(CN2CCOCC2)nc2sc3c(c12)CCC3)C1CCOCC1. The summed E-state index contributed by atoms with van der Waals surface area (Å²) in [5, 5.41) is 5.20. The van der Waals surface area contributed by atoms with Gasteiger partial charge in [0.25, 0.3) is 0 Å². The van der Waals surface area contributed by atoms with Crippen LogP contribution >= 0.6 is 11.3 Å². The molecule has 2 fully saturated rings. The Balaban J connectivity index is 1.47. The highest BCUT2D eigenvalue weighted by Gasteiger charge is 2.27. The van der Waals surface area contributed by atoms with Gasteiger partial charge in [-0.1, -0.05) is 6.92 Å². The molecule has 0 amide bonds. The Hall–Kier alpha value is -1.28. The molecule has 0 radical (unpaired) electrons. The Bertz CT molecular complexity index is 843. The second-order valence-electron chi connectivity index (χ2n) is 8.52. The van der Waals surface area contributed by atoms with E-state index >= 15 is 0 Å². The first kappa shape index (κ1) is 19.7. The monoisotopic (exact) mass is 416 g/mol. The van der Waals surface area contributed by atoms with Gasteiger partial charge in [-0.15, -0.1) is 11.3 Å². The van der Waals surface area contributed by atoms with Crippen LogP contribution in [0.5, 0.6) is 0 Å². The Morgan fingerprint density at radius 1 is 1.10 bits per heavy atom. The summed E-state index contributed by atoms with van der Waals surface area (Å²) in [6.45, 7) is 8.42. The van der Waals surface area contributed by atoms with Gasteiger partial charge in [0.15, 0.2) is 0 Å². The van der Waals surface area contributed by atoms with Crippen LogP contribution in [-0.4, -0.2) is 60.4 Å². The minimum Gasteiger partial charge on any atom is -0.381 e. The second kappa shape index (κ2) is 8.84. The predicted molar refractivity (Wildman–Crippen MR) is 117 cm³/mol. The first-order valence-corrected chi connectivity index (χ1v) is 12.1. The lowest BCUT2D eigenvalue weighted by atomic mass is 9.90. The highest BCUT2D eigenvalue weighted by atomic mass is 32.1. The lowest BCUT2D eigenvalue weighted by Gasteiger charge is -2.31. The maximum absolute atomic E-state index is 5.60. The minimum absolute atomic E-state index is 0.449. The summed E-state index contributed by atoms with van der Waals surface area (Å²) in [7, 11) is 0. The van der Waals surface area contributed by atoms with E-state index in [2.05, 4.69) is 17.1 Å². The quantitative estimate of drug-likeness (QED) is 0.776. The summed E-state index contributed by atoms with van der Waals surface area (Å²) < 4.78 is 11.1. The molecule has 7 heteroatoms. The van der Waals surface area contributed by atoms with Crippen LogP contribution in [0.3, 0.4) is 0 Å². The van der Waals surface area contributed by atoms with Crippen molar-refractivity contribution < 1.29 is 9.47 Å². The maximum atomic E-state index is 5.60. The summed E-state index contributed by atoms with van der Waals surface area (Å²) in [6, 6.07) is 0.449. The van der Waals surface area contributed by atoms with E-state index in [4.69, 9.17) is 19.4 Å². The third-order valence-electron chi connectivity index (χ3n) is 6.68. The van der Waals surface area contributed by atoms with Crippen LogP contribution in [-0.2, 0) is 28.9 Å². The van der Waals surface area contributed by atoms with Crippen molar-refractivity contribution in [3.63, 3.8) is 0 Å². The van der Waals surface area contributed by atoms with Crippen molar-refractivity contribution >= 4 is 27.4 Å². The van der Waals surface area contributed by atoms with Crippen molar-refractivity contribution in [3.05, 3.63) is 16.3 Å². The van der Waals surface area contributed by atoms with Crippen molar-refractivity contribution in [1.82, 2.24) is 14.9 Å². The molecule has 2 saturated heterocycles. The smallest absolute Gasteiger partial charge is 0.146 e. The highest BCUT2D eigenvalue weighted by Crippen LogP contribution is 2.40. The molecule has 1 atom stereocenters. The molecule has 29 heavy (non-hydrogen) atoms. The predicted octanol–water partition coefficient (Wildman–Crippen LogP) is 3.63. The van der Waals surface area contributed by atoms with Crippen LogP contribution in [0.25, 0.3) is 10.2 Å². The molecule has 2 aromatic heterocycles. The van der Waals surface area contributed by atoms with Gasteiger partial charge in [-0.25, -0.2) is 9.97 Å². The molecule has 5 rings (SSSR count). The molecular weight excluding hydrogens is 384 g/mol. The van der Waals surface area contributed by atoms with E-state index in [0.29, 0.717) is 12.0 Å². The molecule has 2 aliphatic heterocycles. The van der Waals surface area contributed by atoms with E-state index in [1.54, 1.807) is 0 Å². The van der Waals surface area contributed by atoms with Gasteiger partial charge in [0, 0.05) is 37.2 Å². The molecule has 0 saturated carbocycles. The summed E-state index contributed by atoms with van der Waals surface area (Å²) >= 11 is 1.89. The lowest BCUT2D eigenvalue weighted by Crippen LogP contribution is -2.36. The van der Waals surface area contributed by atoms with Crippen LogP contribution in [0.4, 0.5) is 5.82 Å². The number of thiophene rings is 1. The number of aromatic nitrogens is 2. The molecule has 1 aliphatic carbocycles. The second-order valence-corrected chi connectivity index (χ2v) is 9.61. The van der Waals surface area contributed by atoms with Crippen molar-refractivity contribution in [1.29, 1.82) is 0 Å². The van der Waals surface area contributed by atoms with E-state index in [1.165, 1.54) is 39.9 Å². The Kier molecular flexibility index (Phi) is 5.99. The zero-order valence-corrected chi connectivity index (χ0v) is 18.2. The standard InChI is InChI=1S/C22H32N4O2S/c1-2-17(15-6-10-27-11-7-15)23-21-20-16-4-3-5-18(16)29-22(20)25-19(24-21)14-26-8-12-28-13-9-26/h15,17H,2-14H2,1H3,(H,23,24,25)/t17-/m0/s1. The number of aryl methyl sites for hydroxylation is 2. The largest absolute Gasteiger partial charge is 0.381 e. The van der Waals surface area contributed by atoms with Crippen molar-refractivity contribution in [2.45, 2.75) is 58.0 Å². The Labute approximate surface area is 177 Å². The van der Waals surface area contributed by atoms with Gasteiger partial charge < -0.3 is 14.8 Å². The average molecular weight is 417 g/mol. The number of ether oxygens (including phenoxy) is 2. The molecule has 158 valence electrons. The van der Waals surface area contributed by atoms with Gasteiger partial charge in [-0.05, 0) is 50.0 Å². The van der Waals surface area contributed by atoms with Crippen LogP contribution in [0.1, 0.15) is 48.9 Å². The number of fused-ring (bicyclic) bond motifs is 3. The highest BCUT2D eigenvalue weighted by molar-refractivity contribution is 7.19. The van der Waals surface area contributed by atoms with Gasteiger partial charge in [-0.3, -0.25) is 4.90 Å². The number of nitrogens with one attached hydrogen (secondary N) is 1. The maximum Gasteiger partial charge on any atom is 0.146 e. The molecule has 2 aromatic rings. The van der Waals surface area contributed by atoms with Crippen LogP contribution in [0, 0.1) is 5.92 Å². The first-order chi connectivity index (χ1) is 14.3. The molecular formula is C22H32N4O2S. The van der Waals surface area contributed by atoms with Crippen LogP contribution in [0.2, 0.25) is 0 Å². The number of rotatable bonds is 6. The summed E-state index contributed by atoms with van der Waals surface area (Å²) in [5.41, 5.74) is 1.51. The average Bonchev–Trinajstić information content (AvgIpc) is 3.34. The van der Waals surface area contributed by atoms with Gasteiger partial charge >= 0.3 is 0 Å². The fraction of sp³-hybridized carbons (Fsp3) is 0.727. The zero-order valence-electron chi connectivity index (χ0n) is 17.4. The molecule has 1 N–H and O–H groups in total. The summed E-state index contributed by atoms with van der Waals surface area (Å²) in [6.07, 6.45) is 7.03. The lowest BCUT2D eigenvalue weighted by molar-refractivity contribution is 0.0331. The van der Waals surface area contributed by atoms with E-state index in [-0.39, 0.29) is 0 Å². The van der Waals surface area contributed by atoms with Crippen molar-refractivity contribution in [2.24, 2.45) is 5.92 Å². The van der Waals surface area contributed by atoms with Gasteiger partial charge in [0.1, 0.15) is 16.5 Å². The normalized spacial score (nSPS) is 22.1. The van der Waals surface area contributed by atoms with Crippen LogP contribution < -0.4 is 5.32 Å². The van der Waals surface area contributed by atoms with E-state index in [1.807, 2.05) is 11.3 Å². The van der Waals surface area contributed by atoms with E-state index in [9.17, 15) is 0 Å². The fourth-order valence-electron chi connectivity index (χ4n) is 5.02. The summed E-state index contributed by atoms with van der Waals surface area (Å²) in [4.78, 5) is 15.2. The molecule has 0 unspecified atom stereocenters.